The van der Waals surface area contributed by atoms with Gasteiger partial charge in [0.15, 0.2) is 5.78 Å². The first-order valence-electron chi connectivity index (χ1n) is 6.43. The summed E-state index contributed by atoms with van der Waals surface area (Å²) in [7, 11) is 0. The smallest absolute Gasteiger partial charge is 0.261 e. The van der Waals surface area contributed by atoms with E-state index >= 15 is 0 Å². The number of Topliss-reactive ketones (excluding diaryl/α,β-unsaturated/α-hetero) is 1. The van der Waals surface area contributed by atoms with Crippen molar-refractivity contribution in [2.45, 2.75) is 24.9 Å². The standard InChI is InChI=1S/C14H11NO5/c16-10-5-9(11-6-19-14(10)20-11)15-12(17)7-3-1-2-4-8(7)13(15)18/h1-4,9,11,14H,5-6H2/t9-,11+,14+/m0/s1. The number of imide groups is 1. The Bertz CT molecular complexity index is 605. The van der Waals surface area contributed by atoms with Gasteiger partial charge in [0.2, 0.25) is 6.29 Å². The Hall–Kier alpha value is -2.05. The van der Waals surface area contributed by atoms with Gasteiger partial charge in [-0.25, -0.2) is 0 Å². The van der Waals surface area contributed by atoms with Crippen LogP contribution in [0.3, 0.4) is 0 Å². The predicted molar refractivity (Wildman–Crippen MR) is 65.0 cm³/mol. The van der Waals surface area contributed by atoms with Crippen LogP contribution in [0, 0.1) is 0 Å². The van der Waals surface area contributed by atoms with E-state index in [9.17, 15) is 14.4 Å². The van der Waals surface area contributed by atoms with E-state index in [2.05, 4.69) is 0 Å². The van der Waals surface area contributed by atoms with Crippen LogP contribution in [0.4, 0.5) is 0 Å². The fourth-order valence-electron chi connectivity index (χ4n) is 2.99. The molecule has 1 aromatic rings. The summed E-state index contributed by atoms with van der Waals surface area (Å²) in [4.78, 5) is 37.7. The zero-order valence-corrected chi connectivity index (χ0v) is 10.4. The van der Waals surface area contributed by atoms with E-state index in [-0.39, 0.29) is 30.6 Å². The van der Waals surface area contributed by atoms with E-state index in [1.165, 1.54) is 0 Å². The first-order chi connectivity index (χ1) is 9.66. The molecule has 6 heteroatoms. The Labute approximate surface area is 114 Å². The molecule has 2 fully saturated rings. The average Bonchev–Trinajstić information content (AvgIpc) is 2.99. The number of carbonyl (C=O) groups is 3. The SMILES string of the molecule is O=C1C[C@H](N2C(=O)c3ccccc3C2=O)[C@H]2CO[C@@H]1O2. The fourth-order valence-corrected chi connectivity index (χ4v) is 2.99. The molecule has 0 saturated carbocycles. The highest BCUT2D eigenvalue weighted by atomic mass is 16.7. The van der Waals surface area contributed by atoms with Crippen LogP contribution < -0.4 is 0 Å². The molecule has 2 amide bonds. The van der Waals surface area contributed by atoms with Crippen molar-refractivity contribution in [3.63, 3.8) is 0 Å². The summed E-state index contributed by atoms with van der Waals surface area (Å²) in [5, 5.41) is 0. The predicted octanol–water partition coefficient (Wildman–Crippen LogP) is 0.366. The molecule has 2 saturated heterocycles. The number of nitrogens with zero attached hydrogens (tertiary/aromatic N) is 1. The number of benzene rings is 1. The van der Waals surface area contributed by atoms with Crippen LogP contribution in [0.2, 0.25) is 0 Å². The molecule has 20 heavy (non-hydrogen) atoms. The van der Waals surface area contributed by atoms with Gasteiger partial charge >= 0.3 is 0 Å². The third-order valence-electron chi connectivity index (χ3n) is 3.97. The van der Waals surface area contributed by atoms with E-state index in [1.54, 1.807) is 24.3 Å². The lowest BCUT2D eigenvalue weighted by Gasteiger charge is -2.32. The zero-order chi connectivity index (χ0) is 13.9. The molecule has 6 nitrogen and oxygen atoms in total. The van der Waals surface area contributed by atoms with Crippen LogP contribution in [-0.4, -0.2) is 47.5 Å². The van der Waals surface area contributed by atoms with Gasteiger partial charge in [0.25, 0.3) is 11.8 Å². The molecule has 0 unspecified atom stereocenters. The minimum absolute atomic E-state index is 0.0980. The van der Waals surface area contributed by atoms with Gasteiger partial charge in [-0.05, 0) is 12.1 Å². The Kier molecular flexibility index (Phi) is 2.33. The number of ether oxygens (including phenoxy) is 2. The van der Waals surface area contributed by atoms with Crippen LogP contribution in [0.5, 0.6) is 0 Å². The molecule has 4 rings (SSSR count). The van der Waals surface area contributed by atoms with E-state index in [0.29, 0.717) is 11.1 Å². The number of carbonyl (C=O) groups excluding carboxylic acids is 3. The molecule has 3 aliphatic rings. The van der Waals surface area contributed by atoms with Crippen molar-refractivity contribution >= 4 is 17.6 Å². The second kappa shape index (κ2) is 3.97. The molecule has 102 valence electrons. The second-order valence-electron chi connectivity index (χ2n) is 5.10. The monoisotopic (exact) mass is 273 g/mol. The number of hydrogen-bond acceptors (Lipinski definition) is 5. The molecule has 3 atom stereocenters. The van der Waals surface area contributed by atoms with Gasteiger partial charge in [-0.3, -0.25) is 19.3 Å². The minimum atomic E-state index is -0.827. The molecular formula is C14H11NO5. The second-order valence-corrected chi connectivity index (χ2v) is 5.10. The van der Waals surface area contributed by atoms with Crippen LogP contribution in [0.25, 0.3) is 0 Å². The van der Waals surface area contributed by atoms with Gasteiger partial charge in [0.05, 0.1) is 23.8 Å². The molecule has 0 radical (unpaired) electrons. The quantitative estimate of drug-likeness (QED) is 0.691. The summed E-state index contributed by atoms with van der Waals surface area (Å²) in [6.45, 7) is 0.231. The van der Waals surface area contributed by atoms with Gasteiger partial charge in [-0.15, -0.1) is 0 Å². The van der Waals surface area contributed by atoms with Crippen LogP contribution >= 0.6 is 0 Å². The number of ketones is 1. The van der Waals surface area contributed by atoms with Gasteiger partial charge < -0.3 is 9.47 Å². The lowest BCUT2D eigenvalue weighted by atomic mass is 10.0. The molecule has 3 heterocycles. The van der Waals surface area contributed by atoms with Gasteiger partial charge in [0, 0.05) is 6.42 Å². The van der Waals surface area contributed by atoms with E-state index in [1.807, 2.05) is 0 Å². The number of amides is 2. The van der Waals surface area contributed by atoms with Crippen molar-refractivity contribution in [1.82, 2.24) is 4.90 Å². The van der Waals surface area contributed by atoms with Crippen molar-refractivity contribution in [3.05, 3.63) is 35.4 Å². The summed E-state index contributed by atoms with van der Waals surface area (Å²) in [5.74, 6) is -0.949. The summed E-state index contributed by atoms with van der Waals surface area (Å²) in [6.07, 6.45) is -1.15. The number of hydrogen-bond donors (Lipinski definition) is 0. The van der Waals surface area contributed by atoms with E-state index in [0.717, 1.165) is 4.90 Å². The Morgan fingerprint density at radius 1 is 1.05 bits per heavy atom. The lowest BCUT2D eigenvalue weighted by molar-refractivity contribution is -0.156. The molecule has 0 aromatic heterocycles. The van der Waals surface area contributed by atoms with Crippen LogP contribution in [0.1, 0.15) is 27.1 Å². The van der Waals surface area contributed by atoms with E-state index in [4.69, 9.17) is 9.47 Å². The molecule has 1 aromatic carbocycles. The largest absolute Gasteiger partial charge is 0.343 e. The van der Waals surface area contributed by atoms with Gasteiger partial charge in [-0.2, -0.15) is 0 Å². The Morgan fingerprint density at radius 3 is 2.35 bits per heavy atom. The highest BCUT2D eigenvalue weighted by Crippen LogP contribution is 2.33. The van der Waals surface area contributed by atoms with Crippen LogP contribution in [0.15, 0.2) is 24.3 Å². The first-order valence-corrected chi connectivity index (χ1v) is 6.43. The minimum Gasteiger partial charge on any atom is -0.343 e. The Morgan fingerprint density at radius 2 is 1.70 bits per heavy atom. The van der Waals surface area contributed by atoms with Gasteiger partial charge in [-0.1, -0.05) is 12.1 Å². The normalized spacial score (nSPS) is 31.9. The summed E-state index contributed by atoms with van der Waals surface area (Å²) >= 11 is 0. The van der Waals surface area contributed by atoms with E-state index < -0.39 is 18.4 Å². The van der Waals surface area contributed by atoms with Gasteiger partial charge in [0.1, 0.15) is 6.10 Å². The van der Waals surface area contributed by atoms with Crippen molar-refractivity contribution in [2.75, 3.05) is 6.61 Å². The van der Waals surface area contributed by atoms with Crippen molar-refractivity contribution in [2.24, 2.45) is 0 Å². The number of rotatable bonds is 1. The summed E-state index contributed by atoms with van der Waals surface area (Å²) in [5.41, 5.74) is 0.761. The Balaban J connectivity index is 1.72. The fraction of sp³-hybridized carbons (Fsp3) is 0.357. The van der Waals surface area contributed by atoms with Crippen molar-refractivity contribution < 1.29 is 23.9 Å². The topological polar surface area (TPSA) is 72.9 Å². The van der Waals surface area contributed by atoms with Crippen molar-refractivity contribution in [1.29, 1.82) is 0 Å². The maximum atomic E-state index is 12.4. The average molecular weight is 273 g/mol. The first kappa shape index (κ1) is 11.7. The highest BCUT2D eigenvalue weighted by molar-refractivity contribution is 6.21. The summed E-state index contributed by atoms with van der Waals surface area (Å²) < 4.78 is 10.6. The molecular weight excluding hydrogens is 262 g/mol. The highest BCUT2D eigenvalue weighted by Gasteiger charge is 2.50. The third kappa shape index (κ3) is 1.43. The molecule has 0 N–H and O–H groups in total. The molecule has 0 spiro atoms. The summed E-state index contributed by atoms with van der Waals surface area (Å²) in [6, 6.07) is 6.09. The number of fused-ring (bicyclic) bond motifs is 3. The maximum Gasteiger partial charge on any atom is 0.261 e. The molecule has 3 aliphatic heterocycles. The molecule has 2 bridgehead atoms. The lowest BCUT2D eigenvalue weighted by Crippen LogP contribution is -2.52. The maximum absolute atomic E-state index is 12.4. The van der Waals surface area contributed by atoms with Crippen molar-refractivity contribution in [3.8, 4) is 0 Å². The zero-order valence-electron chi connectivity index (χ0n) is 10.4. The van der Waals surface area contributed by atoms with Crippen LogP contribution in [-0.2, 0) is 14.3 Å². The molecule has 0 aliphatic carbocycles. The third-order valence-corrected chi connectivity index (χ3v) is 3.97.